The minimum absolute atomic E-state index is 0.110. The number of azo groups is 2. The van der Waals surface area contributed by atoms with Gasteiger partial charge in [-0.2, -0.15) is 55.7 Å². The number of rotatable bonds is 14. The molecule has 4 N–H and O–H groups in total. The number of nitrogens with zero attached hydrogens (tertiary/aromatic N) is 7. The van der Waals surface area contributed by atoms with Crippen LogP contribution in [0.25, 0.3) is 10.8 Å². The van der Waals surface area contributed by atoms with Crippen LogP contribution in [0, 0.1) is 0 Å². The van der Waals surface area contributed by atoms with Crippen LogP contribution in [-0.2, 0) is 43.2 Å². The zero-order chi connectivity index (χ0) is 39.2. The summed E-state index contributed by atoms with van der Waals surface area (Å²) < 4.78 is 99.4. The lowest BCUT2D eigenvalue weighted by atomic mass is 10.1. The second-order valence-electron chi connectivity index (χ2n) is 11.9. The summed E-state index contributed by atoms with van der Waals surface area (Å²) >= 11 is 0. The van der Waals surface area contributed by atoms with E-state index in [4.69, 9.17) is 4.55 Å². The molecule has 17 nitrogen and oxygen atoms in total. The van der Waals surface area contributed by atoms with Crippen molar-refractivity contribution >= 4 is 69.8 Å². The Balaban J connectivity index is 1.21. The van der Waals surface area contributed by atoms with Crippen molar-refractivity contribution in [2.45, 2.75) is 22.6 Å². The Labute approximate surface area is 315 Å². The zero-order valence-corrected chi connectivity index (χ0v) is 30.8. The SMILES string of the molecule is O=S(=O)(O)CCNc1nc(Cc2ccc(N=Nc3ccccc3)cc2)nc(Cc2ccc(N=Nc3cc(S(=O)(=O)O)c4cccc(S(=O)(=O)O)c4c3)cc2)n1. The predicted octanol–water partition coefficient (Wildman–Crippen LogP) is 6.83. The lowest BCUT2D eigenvalue weighted by Crippen LogP contribution is -2.17. The van der Waals surface area contributed by atoms with Crippen molar-refractivity contribution in [3.8, 4) is 0 Å². The molecule has 0 saturated carbocycles. The van der Waals surface area contributed by atoms with Crippen molar-refractivity contribution < 1.29 is 38.9 Å². The number of nitrogens with one attached hydrogen (secondary N) is 1. The number of hydrogen-bond acceptors (Lipinski definition) is 14. The smallest absolute Gasteiger partial charge is 0.295 e. The third-order valence-electron chi connectivity index (χ3n) is 7.74. The van der Waals surface area contributed by atoms with Gasteiger partial charge in [0.15, 0.2) is 0 Å². The number of anilines is 1. The number of fused-ring (bicyclic) bond motifs is 1. The molecule has 0 aliphatic carbocycles. The lowest BCUT2D eigenvalue weighted by Gasteiger charge is -2.09. The van der Waals surface area contributed by atoms with Crippen LogP contribution in [0.15, 0.2) is 139 Å². The molecule has 1 aromatic heterocycles. The van der Waals surface area contributed by atoms with Crippen molar-refractivity contribution in [3.05, 3.63) is 132 Å². The Hall–Kier alpha value is -5.90. The molecule has 0 unspecified atom stereocenters. The van der Waals surface area contributed by atoms with E-state index in [2.05, 4.69) is 40.7 Å². The van der Waals surface area contributed by atoms with Crippen LogP contribution >= 0.6 is 0 Å². The van der Waals surface area contributed by atoms with E-state index >= 15 is 0 Å². The van der Waals surface area contributed by atoms with Gasteiger partial charge in [0.1, 0.15) is 21.4 Å². The van der Waals surface area contributed by atoms with E-state index in [-0.39, 0.29) is 35.4 Å². The lowest BCUT2D eigenvalue weighted by molar-refractivity contribution is 0.481. The fraction of sp³-hybridized carbons (Fsp3) is 0.114. The molecule has 0 aliphatic rings. The summed E-state index contributed by atoms with van der Waals surface area (Å²) in [7, 11) is -13.8. The molecule has 1 heterocycles. The van der Waals surface area contributed by atoms with Crippen LogP contribution < -0.4 is 5.32 Å². The highest BCUT2D eigenvalue weighted by Crippen LogP contribution is 2.34. The molecule has 20 heteroatoms. The summed E-state index contributed by atoms with van der Waals surface area (Å²) in [6.45, 7) is -0.150. The van der Waals surface area contributed by atoms with Gasteiger partial charge in [0, 0.05) is 30.2 Å². The molecular formula is C35H30N8O9S3. The molecule has 0 amide bonds. The van der Waals surface area contributed by atoms with Crippen LogP contribution in [0.5, 0.6) is 0 Å². The average Bonchev–Trinajstić information content (AvgIpc) is 3.13. The molecule has 282 valence electrons. The van der Waals surface area contributed by atoms with Gasteiger partial charge in [-0.1, -0.05) is 54.6 Å². The molecule has 0 bridgehead atoms. The van der Waals surface area contributed by atoms with Crippen molar-refractivity contribution in [2.75, 3.05) is 17.6 Å². The Morgan fingerprint density at radius 2 is 1.02 bits per heavy atom. The molecular weight excluding hydrogens is 773 g/mol. The van der Waals surface area contributed by atoms with Gasteiger partial charge in [-0.25, -0.2) is 4.98 Å². The second kappa shape index (κ2) is 16.2. The number of benzene rings is 5. The van der Waals surface area contributed by atoms with Gasteiger partial charge < -0.3 is 5.32 Å². The topological polar surface area (TPSA) is 263 Å². The van der Waals surface area contributed by atoms with Gasteiger partial charge >= 0.3 is 0 Å². The molecule has 5 aromatic carbocycles. The summed E-state index contributed by atoms with van der Waals surface area (Å²) in [6.07, 6.45) is 0.525. The highest BCUT2D eigenvalue weighted by molar-refractivity contribution is 7.86. The van der Waals surface area contributed by atoms with Gasteiger partial charge in [-0.05, 0) is 65.7 Å². The first-order valence-corrected chi connectivity index (χ1v) is 20.6. The van der Waals surface area contributed by atoms with E-state index in [9.17, 15) is 34.4 Å². The second-order valence-corrected chi connectivity index (χ2v) is 16.2. The Bertz CT molecular complexity index is 2750. The monoisotopic (exact) mass is 802 g/mol. The van der Waals surface area contributed by atoms with Gasteiger partial charge in [0.25, 0.3) is 30.4 Å². The quantitative estimate of drug-likeness (QED) is 0.0651. The van der Waals surface area contributed by atoms with Gasteiger partial charge in [-0.15, -0.1) is 0 Å². The van der Waals surface area contributed by atoms with E-state index < -0.39 is 45.9 Å². The standard InChI is InChI=1S/C35H30N8O9S3/c44-53(45,46)18-17-36-35-38-33(19-23-9-13-26(14-10-23)41-40-25-5-2-1-3-6-25)37-34(39-35)20-24-11-15-27(16-12-24)42-43-28-21-30-29(32(22-28)55(50,51)52)7-4-8-31(30)54(47,48)49/h1-16,21-22H,17-20H2,(H,44,45,46)(H,47,48,49)(H,50,51,52)(H,36,37,38,39). The van der Waals surface area contributed by atoms with Gasteiger partial charge in [0.05, 0.1) is 28.5 Å². The third kappa shape index (κ3) is 10.8. The largest absolute Gasteiger partial charge is 0.353 e. The van der Waals surface area contributed by atoms with Crippen LogP contribution in [0.2, 0.25) is 0 Å². The molecule has 0 saturated heterocycles. The van der Waals surface area contributed by atoms with Crippen LogP contribution in [0.4, 0.5) is 28.7 Å². The van der Waals surface area contributed by atoms with Crippen molar-refractivity contribution in [3.63, 3.8) is 0 Å². The number of aromatic nitrogens is 3. The molecule has 0 radical (unpaired) electrons. The van der Waals surface area contributed by atoms with E-state index in [1.165, 1.54) is 18.2 Å². The molecule has 6 aromatic rings. The predicted molar refractivity (Wildman–Crippen MR) is 202 cm³/mol. The summed E-state index contributed by atoms with van der Waals surface area (Å²) in [5, 5.41) is 19.1. The van der Waals surface area contributed by atoms with Crippen molar-refractivity contribution in [2.24, 2.45) is 20.5 Å². The van der Waals surface area contributed by atoms with E-state index in [0.29, 0.717) is 29.4 Å². The maximum atomic E-state index is 12.1. The first kappa shape index (κ1) is 38.8. The van der Waals surface area contributed by atoms with E-state index in [1.54, 1.807) is 36.4 Å². The van der Waals surface area contributed by atoms with Crippen LogP contribution in [0.3, 0.4) is 0 Å². The van der Waals surface area contributed by atoms with Crippen LogP contribution in [0.1, 0.15) is 22.8 Å². The van der Waals surface area contributed by atoms with E-state index in [0.717, 1.165) is 28.9 Å². The fourth-order valence-electron chi connectivity index (χ4n) is 5.25. The Morgan fingerprint density at radius 3 is 1.53 bits per heavy atom. The van der Waals surface area contributed by atoms with Gasteiger partial charge in [0.2, 0.25) is 5.95 Å². The minimum Gasteiger partial charge on any atom is -0.353 e. The molecule has 55 heavy (non-hydrogen) atoms. The minimum atomic E-state index is -4.83. The third-order valence-corrected chi connectivity index (χ3v) is 10.3. The first-order valence-electron chi connectivity index (χ1n) is 16.1. The summed E-state index contributed by atoms with van der Waals surface area (Å²) in [6, 6.07) is 29.1. The average molecular weight is 803 g/mol. The van der Waals surface area contributed by atoms with Crippen molar-refractivity contribution in [1.29, 1.82) is 0 Å². The molecule has 0 atom stereocenters. The molecule has 0 spiro atoms. The normalized spacial score (nSPS) is 12.5. The Kier molecular flexibility index (Phi) is 11.4. The summed E-state index contributed by atoms with van der Waals surface area (Å²) in [5.41, 5.74) is 3.18. The summed E-state index contributed by atoms with van der Waals surface area (Å²) in [5.74, 6) is 0.293. The molecule has 6 rings (SSSR count). The van der Waals surface area contributed by atoms with Crippen molar-refractivity contribution in [1.82, 2.24) is 15.0 Å². The zero-order valence-electron chi connectivity index (χ0n) is 28.4. The number of hydrogen-bond donors (Lipinski definition) is 4. The highest BCUT2D eigenvalue weighted by atomic mass is 32.2. The summed E-state index contributed by atoms with van der Waals surface area (Å²) in [4.78, 5) is 12.3. The van der Waals surface area contributed by atoms with Gasteiger partial charge in [-0.3, -0.25) is 13.7 Å². The highest BCUT2D eigenvalue weighted by Gasteiger charge is 2.21. The maximum absolute atomic E-state index is 12.1. The van der Waals surface area contributed by atoms with E-state index in [1.807, 2.05) is 42.5 Å². The Morgan fingerprint density at radius 1 is 0.509 bits per heavy atom. The van der Waals surface area contributed by atoms with Crippen LogP contribution in [-0.4, -0.2) is 66.2 Å². The molecule has 0 fully saturated rings. The first-order chi connectivity index (χ1) is 26.1. The maximum Gasteiger partial charge on any atom is 0.295 e. The fourth-order valence-corrected chi connectivity index (χ4v) is 7.04. The molecule has 0 aliphatic heterocycles.